The fourth-order valence-corrected chi connectivity index (χ4v) is 6.15. The van der Waals surface area contributed by atoms with E-state index >= 15 is 0 Å². The van der Waals surface area contributed by atoms with Crippen molar-refractivity contribution in [3.8, 4) is 11.5 Å². The third kappa shape index (κ3) is 3.40. The minimum atomic E-state index is -4.65. The first-order valence-corrected chi connectivity index (χ1v) is 12.3. The molecule has 2 amide bonds. The lowest BCUT2D eigenvalue weighted by molar-refractivity contribution is -0.137. The Morgan fingerprint density at radius 1 is 0.872 bits per heavy atom. The van der Waals surface area contributed by atoms with Gasteiger partial charge in [0, 0.05) is 11.8 Å². The van der Waals surface area contributed by atoms with Crippen molar-refractivity contribution < 1.29 is 37.0 Å². The molecule has 7 rings (SSSR count). The van der Waals surface area contributed by atoms with Gasteiger partial charge in [-0.05, 0) is 53.6 Å². The molecule has 0 aliphatic carbocycles. The Morgan fingerprint density at radius 3 is 2.46 bits per heavy atom. The van der Waals surface area contributed by atoms with Crippen LogP contribution in [-0.4, -0.2) is 35.3 Å². The van der Waals surface area contributed by atoms with E-state index in [9.17, 15) is 27.6 Å². The fourth-order valence-electron chi connectivity index (χ4n) is 6.15. The maximum atomic E-state index is 14.0. The molecule has 4 heterocycles. The summed E-state index contributed by atoms with van der Waals surface area (Å²) >= 11 is 0. The van der Waals surface area contributed by atoms with Gasteiger partial charge in [-0.2, -0.15) is 13.2 Å². The van der Waals surface area contributed by atoms with Crippen LogP contribution in [0.5, 0.6) is 11.5 Å². The topological polar surface area (TPSA) is 76.1 Å². The zero-order valence-electron chi connectivity index (χ0n) is 20.1. The van der Waals surface area contributed by atoms with Gasteiger partial charge in [-0.25, -0.2) is 4.90 Å². The monoisotopic (exact) mass is 532 g/mol. The Hall–Kier alpha value is -4.60. The lowest BCUT2D eigenvalue weighted by Gasteiger charge is -2.35. The second-order valence-corrected chi connectivity index (χ2v) is 9.83. The van der Waals surface area contributed by atoms with Gasteiger partial charge in [0.2, 0.25) is 18.6 Å². The molecule has 3 aromatic carbocycles. The standard InChI is InChI=1S/C29H19F3N2O5/c30-29(31,32)17-5-3-6-18(13-17)34-27(36)22-23(28(34)37)25(26(35)16-8-9-20-21(12-16)39-14-38-20)33-11-10-15-4-1-2-7-19(15)24(22)33/h1-13,22-25H,14H2/t22-,23-,24+,25+/m1/s1. The van der Waals surface area contributed by atoms with Crippen molar-refractivity contribution in [3.63, 3.8) is 0 Å². The summed E-state index contributed by atoms with van der Waals surface area (Å²) in [4.78, 5) is 44.4. The predicted molar refractivity (Wildman–Crippen MR) is 132 cm³/mol. The van der Waals surface area contributed by atoms with Crippen molar-refractivity contribution in [2.24, 2.45) is 11.8 Å². The number of nitrogens with zero attached hydrogens (tertiary/aromatic N) is 2. The highest BCUT2D eigenvalue weighted by Gasteiger charge is 2.64. The first-order valence-electron chi connectivity index (χ1n) is 12.3. The van der Waals surface area contributed by atoms with Gasteiger partial charge >= 0.3 is 6.18 Å². The molecule has 10 heteroatoms. The molecule has 0 bridgehead atoms. The van der Waals surface area contributed by atoms with Gasteiger partial charge in [-0.1, -0.05) is 30.3 Å². The maximum Gasteiger partial charge on any atom is 0.416 e. The lowest BCUT2D eigenvalue weighted by atomic mass is 9.83. The summed E-state index contributed by atoms with van der Waals surface area (Å²) in [5, 5.41) is 0. The Morgan fingerprint density at radius 2 is 1.64 bits per heavy atom. The average molecular weight is 532 g/mol. The number of fused-ring (bicyclic) bond motifs is 6. The highest BCUT2D eigenvalue weighted by molar-refractivity contribution is 6.24. The van der Waals surface area contributed by atoms with Crippen LogP contribution in [0.1, 0.15) is 33.1 Å². The molecule has 0 saturated carbocycles. The molecule has 7 nitrogen and oxygen atoms in total. The zero-order valence-corrected chi connectivity index (χ0v) is 20.1. The summed E-state index contributed by atoms with van der Waals surface area (Å²) in [6.45, 7) is 0.0216. The van der Waals surface area contributed by atoms with Crippen LogP contribution in [-0.2, 0) is 15.8 Å². The number of carbonyl (C=O) groups is 3. The van der Waals surface area contributed by atoms with E-state index in [-0.39, 0.29) is 18.0 Å². The normalized spacial score (nSPS) is 24.6. The molecular formula is C29H19F3N2O5. The van der Waals surface area contributed by atoms with Crippen molar-refractivity contribution >= 4 is 29.4 Å². The molecule has 4 atom stereocenters. The van der Waals surface area contributed by atoms with E-state index in [2.05, 4.69) is 0 Å². The smallest absolute Gasteiger partial charge is 0.416 e. The highest BCUT2D eigenvalue weighted by atomic mass is 19.4. The lowest BCUT2D eigenvalue weighted by Crippen LogP contribution is -2.44. The number of Topliss-reactive ketones (excluding diaryl/α,β-unsaturated/α-hetero) is 1. The van der Waals surface area contributed by atoms with E-state index in [4.69, 9.17) is 9.47 Å². The Labute approximate surface area is 220 Å². The van der Waals surface area contributed by atoms with Crippen LogP contribution in [0.4, 0.5) is 18.9 Å². The molecule has 0 spiro atoms. The van der Waals surface area contributed by atoms with Gasteiger partial charge in [-0.3, -0.25) is 14.4 Å². The molecule has 0 radical (unpaired) electrons. The Balaban J connectivity index is 1.35. The summed E-state index contributed by atoms with van der Waals surface area (Å²) in [5.74, 6) is -2.93. The predicted octanol–water partition coefficient (Wildman–Crippen LogP) is 4.83. The molecule has 0 aromatic heterocycles. The summed E-state index contributed by atoms with van der Waals surface area (Å²) in [5.41, 5.74) is 0.732. The van der Waals surface area contributed by atoms with Crippen LogP contribution in [0.2, 0.25) is 0 Å². The van der Waals surface area contributed by atoms with Gasteiger partial charge in [0.25, 0.3) is 0 Å². The number of ether oxygens (including phenoxy) is 2. The molecule has 0 N–H and O–H groups in total. The van der Waals surface area contributed by atoms with Crippen molar-refractivity contribution in [2.45, 2.75) is 18.3 Å². The molecule has 4 aliphatic heterocycles. The van der Waals surface area contributed by atoms with Gasteiger partial charge < -0.3 is 14.4 Å². The van der Waals surface area contributed by atoms with Gasteiger partial charge in [-0.15, -0.1) is 0 Å². The average Bonchev–Trinajstić information content (AvgIpc) is 3.60. The number of halogens is 3. The third-order valence-electron chi connectivity index (χ3n) is 7.82. The Kier molecular flexibility index (Phi) is 4.94. The quantitative estimate of drug-likeness (QED) is 0.355. The van der Waals surface area contributed by atoms with Crippen molar-refractivity contribution in [3.05, 3.63) is 95.2 Å². The maximum absolute atomic E-state index is 14.0. The molecule has 39 heavy (non-hydrogen) atoms. The number of ketones is 1. The van der Waals surface area contributed by atoms with Crippen LogP contribution < -0.4 is 14.4 Å². The van der Waals surface area contributed by atoms with Crippen LogP contribution in [0, 0.1) is 11.8 Å². The van der Waals surface area contributed by atoms with Crippen LogP contribution in [0.3, 0.4) is 0 Å². The number of benzene rings is 3. The number of hydrogen-bond acceptors (Lipinski definition) is 6. The summed E-state index contributed by atoms with van der Waals surface area (Å²) in [6.07, 6.45) is -1.11. The van der Waals surface area contributed by atoms with Crippen LogP contribution in [0.15, 0.2) is 72.9 Å². The van der Waals surface area contributed by atoms with Crippen molar-refractivity contribution in [1.29, 1.82) is 0 Å². The van der Waals surface area contributed by atoms with E-state index in [1.54, 1.807) is 29.3 Å². The number of carbonyl (C=O) groups excluding carboxylic acids is 3. The van der Waals surface area contributed by atoms with Crippen LogP contribution >= 0.6 is 0 Å². The fraction of sp³-hybridized carbons (Fsp3) is 0.207. The second kappa shape index (κ2) is 8.20. The molecule has 0 unspecified atom stereocenters. The molecule has 196 valence electrons. The third-order valence-corrected chi connectivity index (χ3v) is 7.82. The van der Waals surface area contributed by atoms with E-state index < -0.39 is 53.3 Å². The van der Waals surface area contributed by atoms with E-state index in [1.807, 2.05) is 30.3 Å². The number of amides is 2. The highest BCUT2D eigenvalue weighted by Crippen LogP contribution is 2.54. The van der Waals surface area contributed by atoms with Gasteiger partial charge in [0.05, 0.1) is 29.1 Å². The number of alkyl halides is 3. The zero-order chi connectivity index (χ0) is 27.1. The van der Waals surface area contributed by atoms with E-state index in [0.717, 1.165) is 34.2 Å². The number of rotatable bonds is 3. The number of imide groups is 1. The largest absolute Gasteiger partial charge is 0.454 e. The number of anilines is 1. The summed E-state index contributed by atoms with van der Waals surface area (Å²) in [7, 11) is 0. The Bertz CT molecular complexity index is 1600. The van der Waals surface area contributed by atoms with Crippen molar-refractivity contribution in [1.82, 2.24) is 4.90 Å². The molecule has 3 aromatic rings. The van der Waals surface area contributed by atoms with E-state index in [1.165, 1.54) is 6.07 Å². The summed E-state index contributed by atoms with van der Waals surface area (Å²) in [6, 6.07) is 14.5. The first-order chi connectivity index (χ1) is 18.7. The summed E-state index contributed by atoms with van der Waals surface area (Å²) < 4.78 is 51.1. The van der Waals surface area contributed by atoms with Crippen molar-refractivity contribution in [2.75, 3.05) is 11.7 Å². The number of hydrogen-bond donors (Lipinski definition) is 0. The minimum absolute atomic E-state index is 0.0216. The van der Waals surface area contributed by atoms with Crippen LogP contribution in [0.25, 0.3) is 6.08 Å². The molecular weight excluding hydrogens is 513 g/mol. The van der Waals surface area contributed by atoms with E-state index in [0.29, 0.717) is 11.5 Å². The minimum Gasteiger partial charge on any atom is -0.454 e. The second-order valence-electron chi connectivity index (χ2n) is 9.83. The molecule has 2 fully saturated rings. The van der Waals surface area contributed by atoms with Gasteiger partial charge in [0.15, 0.2) is 17.3 Å². The molecule has 2 saturated heterocycles. The first kappa shape index (κ1) is 23.5. The SMILES string of the molecule is O=C(c1ccc2c(c1)OCO2)[C@@H]1[C@@H]2C(=O)N(c3cccc(C(F)(F)F)c3)C(=O)[C@H]2[C@@H]2c3ccccc3C=CN12. The molecule has 4 aliphatic rings. The van der Waals surface area contributed by atoms with Gasteiger partial charge in [0.1, 0.15) is 6.04 Å².